The van der Waals surface area contributed by atoms with Gasteiger partial charge in [-0.15, -0.1) is 0 Å². The number of hydrogen-bond donors (Lipinski definition) is 0. The largest absolute Gasteiger partial charge is 0.376 e. The van der Waals surface area contributed by atoms with Gasteiger partial charge < -0.3 is 4.74 Å². The number of carbonyl (C=O) groups is 2. The van der Waals surface area contributed by atoms with Gasteiger partial charge in [0.2, 0.25) is 5.91 Å². The maximum absolute atomic E-state index is 13.6. The van der Waals surface area contributed by atoms with Crippen molar-refractivity contribution in [3.8, 4) is 0 Å². The minimum Gasteiger partial charge on any atom is -0.376 e. The zero-order chi connectivity index (χ0) is 21.2. The van der Waals surface area contributed by atoms with E-state index in [1.54, 1.807) is 4.90 Å². The average molecular weight is 435 g/mol. The van der Waals surface area contributed by atoms with Gasteiger partial charge in [-0.3, -0.25) is 14.5 Å². The molecule has 5 rings (SSSR count). The fourth-order valence-electron chi connectivity index (χ4n) is 3.85. The summed E-state index contributed by atoms with van der Waals surface area (Å²) >= 11 is 1.48. The molecule has 0 aliphatic carbocycles. The van der Waals surface area contributed by atoms with Crippen LogP contribution in [0.5, 0.6) is 0 Å². The first-order valence-electron chi connectivity index (χ1n) is 10.4. The molecular formula is C23H22N4O3S. The monoisotopic (exact) mass is 434 g/mol. The first-order valence-corrected chi connectivity index (χ1v) is 11.3. The van der Waals surface area contributed by atoms with Gasteiger partial charge in [0.15, 0.2) is 5.13 Å². The van der Waals surface area contributed by atoms with Gasteiger partial charge in [0, 0.05) is 19.4 Å². The molecule has 0 spiro atoms. The number of amides is 2. The third-order valence-corrected chi connectivity index (χ3v) is 6.51. The minimum absolute atomic E-state index is 0.0213. The van der Waals surface area contributed by atoms with Gasteiger partial charge in [0.05, 0.1) is 28.6 Å². The fraction of sp³-hybridized carbons (Fsp3) is 0.304. The molecule has 0 radical (unpaired) electrons. The second-order valence-electron chi connectivity index (χ2n) is 7.60. The third kappa shape index (κ3) is 4.08. The predicted octanol–water partition coefficient (Wildman–Crippen LogP) is 3.99. The molecule has 0 N–H and O–H groups in total. The van der Waals surface area contributed by atoms with Gasteiger partial charge in [-0.25, -0.2) is 9.99 Å². The van der Waals surface area contributed by atoms with Crippen LogP contribution in [0.25, 0.3) is 10.2 Å². The standard InChI is InChI=1S/C23H22N4O3S/c28-21-13-12-19(25-27(21)16-7-2-1-3-8-16)22(29)26(15-17-9-6-14-30-17)23-24-18-10-4-5-11-20(18)31-23/h1-5,7-8,10-11,17H,6,9,12-15H2/t17-/m0/s1. The van der Waals surface area contributed by atoms with Gasteiger partial charge in [0.1, 0.15) is 5.71 Å². The summed E-state index contributed by atoms with van der Waals surface area (Å²) < 4.78 is 6.83. The molecule has 2 aliphatic heterocycles. The Morgan fingerprint density at radius 3 is 2.71 bits per heavy atom. The van der Waals surface area contributed by atoms with E-state index >= 15 is 0 Å². The molecule has 1 atom stereocenters. The van der Waals surface area contributed by atoms with Gasteiger partial charge in [-0.05, 0) is 37.1 Å². The highest BCUT2D eigenvalue weighted by Gasteiger charge is 2.32. The van der Waals surface area contributed by atoms with Crippen LogP contribution < -0.4 is 9.91 Å². The third-order valence-electron chi connectivity index (χ3n) is 5.45. The molecule has 1 aromatic heterocycles. The van der Waals surface area contributed by atoms with E-state index in [-0.39, 0.29) is 24.3 Å². The first-order chi connectivity index (χ1) is 15.2. The Hall–Kier alpha value is -3.10. The second kappa shape index (κ2) is 8.56. The van der Waals surface area contributed by atoms with Crippen molar-refractivity contribution in [3.05, 3.63) is 54.6 Å². The molecule has 3 heterocycles. The van der Waals surface area contributed by atoms with Crippen molar-refractivity contribution in [3.63, 3.8) is 0 Å². The van der Waals surface area contributed by atoms with E-state index in [2.05, 4.69) is 5.10 Å². The SMILES string of the molecule is O=C(C1=NN(c2ccccc2)C(=O)CC1)N(C[C@@H]1CCCO1)c1nc2ccccc2s1. The van der Waals surface area contributed by atoms with Crippen molar-refractivity contribution in [1.29, 1.82) is 0 Å². The van der Waals surface area contributed by atoms with Crippen LogP contribution in [0.15, 0.2) is 59.7 Å². The Morgan fingerprint density at radius 2 is 1.94 bits per heavy atom. The highest BCUT2D eigenvalue weighted by atomic mass is 32.1. The summed E-state index contributed by atoms with van der Waals surface area (Å²) in [5, 5.41) is 6.42. The Morgan fingerprint density at radius 1 is 1.13 bits per heavy atom. The van der Waals surface area contributed by atoms with Crippen LogP contribution in [0.1, 0.15) is 25.7 Å². The summed E-state index contributed by atoms with van der Waals surface area (Å²) in [6.07, 6.45) is 2.44. The summed E-state index contributed by atoms with van der Waals surface area (Å²) in [6, 6.07) is 17.0. The zero-order valence-electron chi connectivity index (χ0n) is 16.9. The molecule has 1 saturated heterocycles. The number of benzene rings is 2. The van der Waals surface area contributed by atoms with Gasteiger partial charge in [-0.1, -0.05) is 41.7 Å². The van der Waals surface area contributed by atoms with Crippen molar-refractivity contribution >= 4 is 49.9 Å². The number of para-hydroxylation sites is 2. The fourth-order valence-corrected chi connectivity index (χ4v) is 4.82. The Kier molecular flexibility index (Phi) is 5.48. The number of carbonyl (C=O) groups excluding carboxylic acids is 2. The number of aromatic nitrogens is 1. The lowest BCUT2D eigenvalue weighted by Gasteiger charge is -2.27. The van der Waals surface area contributed by atoms with E-state index in [0.29, 0.717) is 36.1 Å². The normalized spacial score (nSPS) is 19.0. The molecule has 1 fully saturated rings. The van der Waals surface area contributed by atoms with E-state index in [1.807, 2.05) is 54.6 Å². The predicted molar refractivity (Wildman–Crippen MR) is 122 cm³/mol. The van der Waals surface area contributed by atoms with Crippen LogP contribution >= 0.6 is 11.3 Å². The van der Waals surface area contributed by atoms with Crippen molar-refractivity contribution in [1.82, 2.24) is 4.98 Å². The Labute approximate surface area is 183 Å². The second-order valence-corrected chi connectivity index (χ2v) is 8.61. The molecule has 158 valence electrons. The van der Waals surface area contributed by atoms with Crippen molar-refractivity contribution in [2.24, 2.45) is 5.10 Å². The quantitative estimate of drug-likeness (QED) is 0.609. The number of hydrazone groups is 1. The van der Waals surface area contributed by atoms with Crippen LogP contribution in [0.2, 0.25) is 0 Å². The number of fused-ring (bicyclic) bond motifs is 1. The molecule has 2 aromatic carbocycles. The lowest BCUT2D eigenvalue weighted by Crippen LogP contribution is -2.44. The number of hydrogen-bond acceptors (Lipinski definition) is 6. The zero-order valence-corrected chi connectivity index (χ0v) is 17.8. The number of nitrogens with zero attached hydrogens (tertiary/aromatic N) is 4. The molecule has 2 amide bonds. The molecular weight excluding hydrogens is 412 g/mol. The number of rotatable bonds is 5. The average Bonchev–Trinajstić information content (AvgIpc) is 3.47. The van der Waals surface area contributed by atoms with E-state index in [0.717, 1.165) is 23.1 Å². The lowest BCUT2D eigenvalue weighted by atomic mass is 10.1. The molecule has 8 heteroatoms. The summed E-state index contributed by atoms with van der Waals surface area (Å²) in [7, 11) is 0. The minimum atomic E-state index is -0.219. The Bertz CT molecular complexity index is 1100. The van der Waals surface area contributed by atoms with E-state index in [4.69, 9.17) is 9.72 Å². The Balaban J connectivity index is 1.49. The van der Waals surface area contributed by atoms with Crippen LogP contribution in [0.4, 0.5) is 10.8 Å². The van der Waals surface area contributed by atoms with E-state index < -0.39 is 0 Å². The lowest BCUT2D eigenvalue weighted by molar-refractivity contribution is -0.118. The van der Waals surface area contributed by atoms with Gasteiger partial charge in [0.25, 0.3) is 5.91 Å². The van der Waals surface area contributed by atoms with E-state index in [1.165, 1.54) is 16.3 Å². The number of anilines is 2. The molecule has 0 bridgehead atoms. The summed E-state index contributed by atoms with van der Waals surface area (Å²) in [6.45, 7) is 1.14. The molecule has 7 nitrogen and oxygen atoms in total. The molecule has 2 aliphatic rings. The molecule has 0 saturated carbocycles. The van der Waals surface area contributed by atoms with Crippen LogP contribution in [-0.2, 0) is 14.3 Å². The van der Waals surface area contributed by atoms with Crippen LogP contribution in [-0.4, -0.2) is 41.8 Å². The topological polar surface area (TPSA) is 75.1 Å². The maximum Gasteiger partial charge on any atom is 0.276 e. The maximum atomic E-state index is 13.6. The van der Waals surface area contributed by atoms with Crippen molar-refractivity contribution in [2.45, 2.75) is 31.8 Å². The van der Waals surface area contributed by atoms with Gasteiger partial charge in [-0.2, -0.15) is 5.10 Å². The van der Waals surface area contributed by atoms with Gasteiger partial charge >= 0.3 is 0 Å². The highest BCUT2D eigenvalue weighted by molar-refractivity contribution is 7.22. The molecule has 0 unspecified atom stereocenters. The number of thiazole rings is 1. The highest BCUT2D eigenvalue weighted by Crippen LogP contribution is 2.31. The molecule has 3 aromatic rings. The van der Waals surface area contributed by atoms with Crippen molar-refractivity contribution in [2.75, 3.05) is 23.1 Å². The van der Waals surface area contributed by atoms with Crippen molar-refractivity contribution < 1.29 is 14.3 Å². The van der Waals surface area contributed by atoms with Crippen LogP contribution in [0.3, 0.4) is 0 Å². The molecule has 31 heavy (non-hydrogen) atoms. The van der Waals surface area contributed by atoms with Crippen LogP contribution in [0, 0.1) is 0 Å². The summed E-state index contributed by atoms with van der Waals surface area (Å²) in [5.74, 6) is -0.337. The first kappa shape index (κ1) is 19.8. The van der Waals surface area contributed by atoms with E-state index in [9.17, 15) is 9.59 Å². The number of ether oxygens (including phenoxy) is 1. The summed E-state index contributed by atoms with van der Waals surface area (Å²) in [4.78, 5) is 32.5. The smallest absolute Gasteiger partial charge is 0.276 e. The summed E-state index contributed by atoms with van der Waals surface area (Å²) in [5.41, 5.74) is 1.88.